The summed E-state index contributed by atoms with van der Waals surface area (Å²) >= 11 is 6.03. The predicted molar refractivity (Wildman–Crippen MR) is 95.9 cm³/mol. The largest absolute Gasteiger partial charge is 0.352 e. The van der Waals surface area contributed by atoms with Gasteiger partial charge >= 0.3 is 0 Å². The fourth-order valence-corrected chi connectivity index (χ4v) is 3.50. The highest BCUT2D eigenvalue weighted by Crippen LogP contribution is 2.20. The van der Waals surface area contributed by atoms with Crippen LogP contribution in [0.1, 0.15) is 19.4 Å². The third-order valence-corrected chi connectivity index (χ3v) is 5.37. The van der Waals surface area contributed by atoms with Crippen molar-refractivity contribution in [2.45, 2.75) is 25.3 Å². The molecule has 1 aromatic carbocycles. The van der Waals surface area contributed by atoms with E-state index in [9.17, 15) is 8.42 Å². The number of hydrogen-bond acceptors (Lipinski definition) is 5. The van der Waals surface area contributed by atoms with Gasteiger partial charge in [0.25, 0.3) is 0 Å². The van der Waals surface area contributed by atoms with E-state index in [-0.39, 0.29) is 27.6 Å². The van der Waals surface area contributed by atoms with Gasteiger partial charge in [-0.2, -0.15) is 0 Å². The lowest BCUT2D eigenvalue weighted by molar-refractivity contribution is 0.466. The van der Waals surface area contributed by atoms with E-state index in [2.05, 4.69) is 22.1 Å². The Labute approximate surface area is 147 Å². The van der Waals surface area contributed by atoms with Crippen molar-refractivity contribution in [3.8, 4) is 0 Å². The molecule has 0 radical (unpaired) electrons. The SMILES string of the molecule is Br.CCN1CCN=C1NCc1cc(Cl)cc(S(=O)(=O)CC)c1. The fraction of sp³-hybridized carbons (Fsp3) is 0.500. The van der Waals surface area contributed by atoms with Crippen LogP contribution >= 0.6 is 28.6 Å². The minimum absolute atomic E-state index is 0. The topological polar surface area (TPSA) is 61.8 Å². The van der Waals surface area contributed by atoms with Gasteiger partial charge in [-0.3, -0.25) is 4.99 Å². The maximum Gasteiger partial charge on any atom is 0.194 e. The second-order valence-electron chi connectivity index (χ2n) is 4.84. The first-order valence-corrected chi connectivity index (χ1v) is 9.04. The second kappa shape index (κ2) is 8.17. The Morgan fingerprint density at radius 3 is 2.68 bits per heavy atom. The van der Waals surface area contributed by atoms with Gasteiger partial charge in [0, 0.05) is 24.7 Å². The zero-order valence-corrected chi connectivity index (χ0v) is 16.0. The zero-order chi connectivity index (χ0) is 15.5. The maximum absolute atomic E-state index is 12.0. The van der Waals surface area contributed by atoms with E-state index in [4.69, 9.17) is 11.6 Å². The Kier molecular flexibility index (Phi) is 7.15. The van der Waals surface area contributed by atoms with Gasteiger partial charge in [0.2, 0.25) is 0 Å². The molecule has 22 heavy (non-hydrogen) atoms. The summed E-state index contributed by atoms with van der Waals surface area (Å²) in [6.07, 6.45) is 0. The van der Waals surface area contributed by atoms with Gasteiger partial charge in [0.15, 0.2) is 15.8 Å². The number of guanidine groups is 1. The first-order chi connectivity index (χ1) is 9.96. The number of hydrogen-bond donors (Lipinski definition) is 1. The van der Waals surface area contributed by atoms with E-state index >= 15 is 0 Å². The van der Waals surface area contributed by atoms with E-state index in [1.54, 1.807) is 19.1 Å². The van der Waals surface area contributed by atoms with Crippen LogP contribution in [0.5, 0.6) is 0 Å². The lowest BCUT2D eigenvalue weighted by Gasteiger charge is -2.19. The number of nitrogens with zero attached hydrogens (tertiary/aromatic N) is 2. The molecule has 2 rings (SSSR count). The monoisotopic (exact) mass is 409 g/mol. The number of likely N-dealkylation sites (N-methyl/N-ethyl adjacent to an activating group) is 1. The van der Waals surface area contributed by atoms with Gasteiger partial charge in [-0.1, -0.05) is 18.5 Å². The Morgan fingerprint density at radius 1 is 1.32 bits per heavy atom. The Bertz CT molecular complexity index is 649. The summed E-state index contributed by atoms with van der Waals surface area (Å²) in [7, 11) is -3.25. The Hall–Kier alpha value is -0.790. The molecule has 1 heterocycles. The molecule has 0 atom stereocenters. The maximum atomic E-state index is 12.0. The highest BCUT2D eigenvalue weighted by atomic mass is 79.9. The molecule has 1 aromatic rings. The highest BCUT2D eigenvalue weighted by Gasteiger charge is 2.16. The number of aliphatic imine (C=N–C) groups is 1. The zero-order valence-electron chi connectivity index (χ0n) is 12.7. The Morgan fingerprint density at radius 2 is 2.05 bits per heavy atom. The van der Waals surface area contributed by atoms with Crippen molar-refractivity contribution in [1.82, 2.24) is 10.2 Å². The van der Waals surface area contributed by atoms with Crippen molar-refractivity contribution in [2.75, 3.05) is 25.4 Å². The van der Waals surface area contributed by atoms with E-state index < -0.39 is 9.84 Å². The van der Waals surface area contributed by atoms with E-state index in [1.807, 2.05) is 0 Å². The molecule has 8 heteroatoms. The van der Waals surface area contributed by atoms with Crippen LogP contribution in [0, 0.1) is 0 Å². The van der Waals surface area contributed by atoms with Crippen molar-refractivity contribution in [1.29, 1.82) is 0 Å². The number of benzene rings is 1. The van der Waals surface area contributed by atoms with Crippen LogP contribution in [0.15, 0.2) is 28.1 Å². The quantitative estimate of drug-likeness (QED) is 0.810. The number of nitrogens with one attached hydrogen (secondary N) is 1. The van der Waals surface area contributed by atoms with Crippen LogP contribution in [0.4, 0.5) is 0 Å². The molecule has 1 N–H and O–H groups in total. The van der Waals surface area contributed by atoms with Crippen LogP contribution in [-0.2, 0) is 16.4 Å². The summed E-state index contributed by atoms with van der Waals surface area (Å²) < 4.78 is 23.9. The molecule has 0 spiro atoms. The molecule has 124 valence electrons. The predicted octanol–water partition coefficient (Wildman–Crippen LogP) is 2.49. The van der Waals surface area contributed by atoms with Crippen LogP contribution in [-0.4, -0.2) is 44.7 Å². The number of rotatable bonds is 5. The van der Waals surface area contributed by atoms with Crippen molar-refractivity contribution in [2.24, 2.45) is 4.99 Å². The van der Waals surface area contributed by atoms with Crippen molar-refractivity contribution in [3.63, 3.8) is 0 Å². The summed E-state index contributed by atoms with van der Waals surface area (Å²) in [5.41, 5.74) is 0.833. The summed E-state index contributed by atoms with van der Waals surface area (Å²) in [6, 6.07) is 4.94. The van der Waals surface area contributed by atoms with Crippen molar-refractivity contribution in [3.05, 3.63) is 28.8 Å². The van der Waals surface area contributed by atoms with Gasteiger partial charge in [0.1, 0.15) is 0 Å². The van der Waals surface area contributed by atoms with Gasteiger partial charge in [0.05, 0.1) is 17.2 Å². The first kappa shape index (κ1) is 19.3. The lowest BCUT2D eigenvalue weighted by Crippen LogP contribution is -2.37. The average molecular weight is 411 g/mol. The van der Waals surface area contributed by atoms with E-state index in [0.717, 1.165) is 31.2 Å². The molecule has 0 aliphatic carbocycles. The van der Waals surface area contributed by atoms with Crippen LogP contribution in [0.25, 0.3) is 0 Å². The molecule has 5 nitrogen and oxygen atoms in total. The summed E-state index contributed by atoms with van der Waals surface area (Å²) in [5, 5.41) is 3.68. The minimum atomic E-state index is -3.25. The molecule has 0 fully saturated rings. The van der Waals surface area contributed by atoms with Gasteiger partial charge in [-0.05, 0) is 30.7 Å². The smallest absolute Gasteiger partial charge is 0.194 e. The molecule has 1 aliphatic rings. The van der Waals surface area contributed by atoms with E-state index in [1.165, 1.54) is 6.07 Å². The molecular formula is C14H21BrClN3O2S. The third-order valence-electron chi connectivity index (χ3n) is 3.43. The van der Waals surface area contributed by atoms with Crippen LogP contribution in [0.3, 0.4) is 0 Å². The Balaban J connectivity index is 0.00000242. The molecule has 0 aromatic heterocycles. The molecular weight excluding hydrogens is 390 g/mol. The highest BCUT2D eigenvalue weighted by molar-refractivity contribution is 8.93. The molecule has 1 aliphatic heterocycles. The summed E-state index contributed by atoms with van der Waals surface area (Å²) in [4.78, 5) is 6.81. The minimum Gasteiger partial charge on any atom is -0.352 e. The van der Waals surface area contributed by atoms with Crippen molar-refractivity contribution >= 4 is 44.4 Å². The lowest BCUT2D eigenvalue weighted by atomic mass is 10.2. The van der Waals surface area contributed by atoms with Gasteiger partial charge < -0.3 is 10.2 Å². The first-order valence-electron chi connectivity index (χ1n) is 7.01. The van der Waals surface area contributed by atoms with Gasteiger partial charge in [-0.15, -0.1) is 17.0 Å². The second-order valence-corrected chi connectivity index (χ2v) is 7.55. The standard InChI is InChI=1S/C14H20ClN3O2S.BrH/c1-3-18-6-5-16-14(18)17-10-11-7-12(15)9-13(8-11)21(19,20)4-2;/h7-9H,3-6,10H2,1-2H3,(H,16,17);1H. The molecule has 0 saturated carbocycles. The molecule has 0 amide bonds. The third kappa shape index (κ3) is 4.60. The molecule has 0 unspecified atom stereocenters. The molecule has 0 saturated heterocycles. The average Bonchev–Trinajstić information content (AvgIpc) is 2.92. The molecule has 0 bridgehead atoms. The van der Waals surface area contributed by atoms with Gasteiger partial charge in [-0.25, -0.2) is 8.42 Å². The summed E-state index contributed by atoms with van der Waals surface area (Å²) in [6.45, 7) is 6.82. The van der Waals surface area contributed by atoms with Crippen molar-refractivity contribution < 1.29 is 8.42 Å². The fourth-order valence-electron chi connectivity index (χ4n) is 2.21. The number of halogens is 2. The van der Waals surface area contributed by atoms with E-state index in [0.29, 0.717) is 11.6 Å². The van der Waals surface area contributed by atoms with Crippen LogP contribution in [0.2, 0.25) is 5.02 Å². The van der Waals surface area contributed by atoms with Crippen LogP contribution < -0.4 is 5.32 Å². The summed E-state index contributed by atoms with van der Waals surface area (Å²) in [5.74, 6) is 0.925. The normalized spacial score (nSPS) is 14.5. The number of sulfone groups is 1.